The molecule has 2 rings (SSSR count). The van der Waals surface area contributed by atoms with Gasteiger partial charge in [0.05, 0.1) is 0 Å². The van der Waals surface area contributed by atoms with Crippen molar-refractivity contribution in [3.05, 3.63) is 46.4 Å². The van der Waals surface area contributed by atoms with Crippen molar-refractivity contribution in [2.45, 2.75) is 0 Å². The minimum atomic E-state index is 0. The third-order valence-corrected chi connectivity index (χ3v) is 1.65. The summed E-state index contributed by atoms with van der Waals surface area (Å²) in [5.41, 5.74) is 2.21. The van der Waals surface area contributed by atoms with Crippen molar-refractivity contribution in [1.82, 2.24) is 0 Å². The van der Waals surface area contributed by atoms with Crippen molar-refractivity contribution in [2.75, 3.05) is 6.26 Å². The third-order valence-electron chi connectivity index (χ3n) is 1.40. The first-order chi connectivity index (χ1) is 5.86. The second kappa shape index (κ2) is 6.88. The van der Waals surface area contributed by atoms with Crippen LogP contribution in [0.15, 0.2) is 30.5 Å². The molecule has 0 saturated heterocycles. The molecule has 1 nitrogen and oxygen atoms in total. The van der Waals surface area contributed by atoms with Gasteiger partial charge in [0.2, 0.25) is 0 Å². The summed E-state index contributed by atoms with van der Waals surface area (Å²) in [6, 6.07) is 7.66. The van der Waals surface area contributed by atoms with Crippen LogP contribution in [0, 0.1) is 0 Å². The van der Waals surface area contributed by atoms with Crippen LogP contribution in [0.3, 0.4) is 0 Å². The Morgan fingerprint density at radius 1 is 1.15 bits per heavy atom. The molecule has 67 valence electrons. The van der Waals surface area contributed by atoms with Gasteiger partial charge in [0.1, 0.15) is 0 Å². The molecule has 0 spiro atoms. The number of nitrogens with zero attached hydrogens (tertiary/aromatic N) is 1. The third kappa shape index (κ3) is 4.50. The van der Waals surface area contributed by atoms with Gasteiger partial charge in [-0.1, -0.05) is 23.7 Å². The van der Waals surface area contributed by atoms with Gasteiger partial charge in [-0.25, -0.2) is 0 Å². The van der Waals surface area contributed by atoms with Gasteiger partial charge in [-0.2, -0.15) is 18.2 Å². The first-order valence-electron chi connectivity index (χ1n) is 3.44. The summed E-state index contributed by atoms with van der Waals surface area (Å²) in [7, 11) is 0. The van der Waals surface area contributed by atoms with Crippen LogP contribution in [-0.4, -0.2) is 6.26 Å². The van der Waals surface area contributed by atoms with Gasteiger partial charge < -0.3 is 17.9 Å². The summed E-state index contributed by atoms with van der Waals surface area (Å²) in [4.78, 5) is 0. The van der Waals surface area contributed by atoms with Crippen molar-refractivity contribution in [1.29, 1.82) is 0 Å². The molecule has 0 bridgehead atoms. The van der Waals surface area contributed by atoms with E-state index in [9.17, 15) is 0 Å². The molecule has 0 N–H and O–H groups in total. The minimum Gasteiger partial charge on any atom is -0.796 e. The summed E-state index contributed by atoms with van der Waals surface area (Å²) in [5.74, 6) is 0. The van der Waals surface area contributed by atoms with Crippen LogP contribution in [0.5, 0.6) is 0 Å². The molecule has 1 aliphatic heterocycles. The van der Waals surface area contributed by atoms with E-state index in [2.05, 4.69) is 17.9 Å². The molecule has 0 saturated carbocycles. The predicted octanol–water partition coefficient (Wildman–Crippen LogP) is 3.19. The average molecular weight is 287 g/mol. The summed E-state index contributed by atoms with van der Waals surface area (Å²) in [6.07, 6.45) is 3.42. The van der Waals surface area contributed by atoms with E-state index < -0.39 is 0 Å². The van der Waals surface area contributed by atoms with Crippen LogP contribution in [0.2, 0.25) is 5.02 Å². The van der Waals surface area contributed by atoms with Crippen molar-refractivity contribution in [3.8, 4) is 0 Å². The molecule has 1 aliphatic rings. The monoisotopic (exact) mass is 286 g/mol. The molecule has 13 heavy (non-hydrogen) atoms. The van der Waals surface area contributed by atoms with Gasteiger partial charge in [0.25, 0.3) is 0 Å². The maximum atomic E-state index is 5.69. The molecular weight excluding hydrogens is 279 g/mol. The Labute approximate surface area is 114 Å². The number of halogens is 1. The maximum absolute atomic E-state index is 5.69. The Bertz CT molecular complexity index is 284. The van der Waals surface area contributed by atoms with Crippen molar-refractivity contribution in [2.24, 2.45) is 0 Å². The first-order valence-corrected chi connectivity index (χ1v) is 4.63. The maximum Gasteiger partial charge on any atom is 0.0406 e. The van der Waals surface area contributed by atoms with Gasteiger partial charge in [-0.05, 0) is 17.7 Å². The zero-order chi connectivity index (χ0) is 8.97. The van der Waals surface area contributed by atoms with Crippen LogP contribution >= 0.6 is 11.6 Å². The normalized spacial score (nSPS) is 11.2. The molecule has 0 aromatic heterocycles. The van der Waals surface area contributed by atoms with Crippen molar-refractivity contribution >= 4 is 29.9 Å². The number of hydrogen-bond donors (Lipinski definition) is 0. The topological polar surface area (TPSA) is 14.1 Å². The second-order valence-electron chi connectivity index (χ2n) is 2.15. The summed E-state index contributed by atoms with van der Waals surface area (Å²) >= 11 is 9.77. The Balaban J connectivity index is 0.000000451. The minimum absolute atomic E-state index is 0. The fraction of sp³-hybridized carbons (Fsp3) is 0.111. The van der Waals surface area contributed by atoms with E-state index in [-0.39, 0.29) is 32.7 Å². The molecule has 1 aromatic rings. The van der Waals surface area contributed by atoms with E-state index >= 15 is 0 Å². The quantitative estimate of drug-likeness (QED) is 0.723. The smallest absolute Gasteiger partial charge is 0.0406 e. The first kappa shape index (κ1) is 13.5. The standard InChI is InChI=1S/C8H5ClN.CH4S.Y/c9-7-3-1-6(2-4-7)8-5-10-8;1-2;/h1-5H;2H,1H3;/q-1;;/p-1. The van der Waals surface area contributed by atoms with Crippen LogP contribution in [0.25, 0.3) is 11.0 Å². The Morgan fingerprint density at radius 3 is 2.00 bits per heavy atom. The molecule has 0 fully saturated rings. The molecule has 0 amide bonds. The molecule has 1 radical (unpaired) electrons. The predicted molar refractivity (Wildman–Crippen MR) is 56.1 cm³/mol. The summed E-state index contributed by atoms with van der Waals surface area (Å²) in [5, 5.41) is 4.72. The van der Waals surface area contributed by atoms with Crippen molar-refractivity contribution in [3.63, 3.8) is 0 Å². The van der Waals surface area contributed by atoms with Gasteiger partial charge in [0, 0.05) is 37.7 Å². The summed E-state index contributed by atoms with van der Waals surface area (Å²) < 4.78 is 0. The van der Waals surface area contributed by atoms with Gasteiger partial charge in [0.15, 0.2) is 0 Å². The van der Waals surface area contributed by atoms with Crippen LogP contribution in [0.4, 0.5) is 0 Å². The SMILES string of the molecule is C[S-].Clc1ccc(C2=C[N-]2)cc1.[Y]. The zero-order valence-electron chi connectivity index (χ0n) is 7.20. The fourth-order valence-corrected chi connectivity index (χ4v) is 0.928. The van der Waals surface area contributed by atoms with E-state index in [4.69, 9.17) is 11.6 Å². The molecule has 4 heteroatoms. The number of rotatable bonds is 1. The van der Waals surface area contributed by atoms with Gasteiger partial charge >= 0.3 is 0 Å². The second-order valence-corrected chi connectivity index (χ2v) is 2.59. The van der Waals surface area contributed by atoms with Gasteiger partial charge in [-0.15, -0.1) is 0 Å². The number of benzene rings is 1. The molecule has 1 aromatic carbocycles. The van der Waals surface area contributed by atoms with Gasteiger partial charge in [-0.3, -0.25) is 0 Å². The molecule has 0 unspecified atom stereocenters. The Kier molecular flexibility index (Phi) is 7.15. The van der Waals surface area contributed by atoms with E-state index in [0.717, 1.165) is 16.3 Å². The molecule has 1 heterocycles. The molecule has 0 aliphatic carbocycles. The fourth-order valence-electron chi connectivity index (χ4n) is 0.802. The average Bonchev–Trinajstić information content (AvgIpc) is 2.93. The number of hydrogen-bond acceptors (Lipinski definition) is 1. The molecule has 0 atom stereocenters. The zero-order valence-corrected chi connectivity index (χ0v) is 11.6. The van der Waals surface area contributed by atoms with E-state index in [1.54, 1.807) is 6.26 Å². The van der Waals surface area contributed by atoms with E-state index in [0.29, 0.717) is 0 Å². The van der Waals surface area contributed by atoms with E-state index in [1.807, 2.05) is 30.5 Å². The molecular formula is C9H8ClNSY-2. The Morgan fingerprint density at radius 2 is 1.62 bits per heavy atom. The Hall–Kier alpha value is 0.504. The van der Waals surface area contributed by atoms with Crippen LogP contribution < -0.4 is 0 Å². The van der Waals surface area contributed by atoms with E-state index in [1.165, 1.54) is 0 Å². The van der Waals surface area contributed by atoms with Crippen LogP contribution in [-0.2, 0) is 45.3 Å². The summed E-state index contributed by atoms with van der Waals surface area (Å²) in [6.45, 7) is 0. The largest absolute Gasteiger partial charge is 0.796 e. The van der Waals surface area contributed by atoms with Crippen LogP contribution in [0.1, 0.15) is 5.56 Å². The van der Waals surface area contributed by atoms with Crippen molar-refractivity contribution < 1.29 is 32.7 Å².